The van der Waals surface area contributed by atoms with Gasteiger partial charge in [-0.2, -0.15) is 0 Å². The predicted octanol–water partition coefficient (Wildman–Crippen LogP) is 5.86. The molecule has 0 unspecified atom stereocenters. The lowest BCUT2D eigenvalue weighted by Gasteiger charge is -2.31. The van der Waals surface area contributed by atoms with Gasteiger partial charge in [-0.15, -0.1) is 0 Å². The molecule has 4 rings (SSSR count). The number of ketones is 2. The first-order chi connectivity index (χ1) is 15.8. The van der Waals surface area contributed by atoms with Crippen LogP contribution in [0.5, 0.6) is 0 Å². The fraction of sp³-hybridized carbons (Fsp3) is 0.259. The summed E-state index contributed by atoms with van der Waals surface area (Å²) in [7, 11) is 0. The van der Waals surface area contributed by atoms with Crippen LogP contribution >= 0.6 is 0 Å². The Balaban J connectivity index is 1.43. The number of hydrogen-bond acceptors (Lipinski definition) is 3. The van der Waals surface area contributed by atoms with Crippen LogP contribution in [0.15, 0.2) is 60.7 Å². The number of aryl methyl sites for hydroxylation is 1. The van der Waals surface area contributed by atoms with E-state index in [-0.39, 0.29) is 35.4 Å². The molecule has 1 fully saturated rings. The number of benzene rings is 3. The number of halogens is 3. The van der Waals surface area contributed by atoms with Crippen LogP contribution in [0.2, 0.25) is 0 Å². The molecule has 0 N–H and O–H groups in total. The van der Waals surface area contributed by atoms with Gasteiger partial charge in [-0.25, -0.2) is 13.2 Å². The van der Waals surface area contributed by atoms with E-state index in [0.717, 1.165) is 28.8 Å². The molecule has 170 valence electrons. The van der Waals surface area contributed by atoms with E-state index >= 15 is 0 Å². The summed E-state index contributed by atoms with van der Waals surface area (Å²) in [6, 6.07) is 14.7. The highest BCUT2D eigenvalue weighted by molar-refractivity contribution is 6.04. The lowest BCUT2D eigenvalue weighted by atomic mass is 9.88. The Labute approximate surface area is 190 Å². The van der Waals surface area contributed by atoms with Crippen molar-refractivity contribution in [2.75, 3.05) is 19.6 Å². The van der Waals surface area contributed by atoms with Gasteiger partial charge in [-0.1, -0.05) is 29.8 Å². The SMILES string of the molecule is Cc1ccc(-c2ccc(F)cc2)c(C(=O)CN2CCC(C(=O)c3ccc(F)cc3F)CC2)c1. The van der Waals surface area contributed by atoms with E-state index in [0.29, 0.717) is 31.5 Å². The van der Waals surface area contributed by atoms with Crippen molar-refractivity contribution in [1.82, 2.24) is 4.90 Å². The number of piperidine rings is 1. The van der Waals surface area contributed by atoms with E-state index < -0.39 is 11.6 Å². The van der Waals surface area contributed by atoms with E-state index in [1.807, 2.05) is 30.0 Å². The van der Waals surface area contributed by atoms with Crippen molar-refractivity contribution >= 4 is 11.6 Å². The first-order valence-corrected chi connectivity index (χ1v) is 10.9. The van der Waals surface area contributed by atoms with Crippen LogP contribution in [-0.4, -0.2) is 36.1 Å². The maximum Gasteiger partial charge on any atom is 0.177 e. The van der Waals surface area contributed by atoms with Gasteiger partial charge in [0.1, 0.15) is 17.5 Å². The highest BCUT2D eigenvalue weighted by atomic mass is 19.1. The smallest absolute Gasteiger partial charge is 0.177 e. The van der Waals surface area contributed by atoms with Crippen LogP contribution in [-0.2, 0) is 0 Å². The van der Waals surface area contributed by atoms with Gasteiger partial charge in [0.25, 0.3) is 0 Å². The molecule has 0 amide bonds. The third-order valence-corrected chi connectivity index (χ3v) is 6.15. The summed E-state index contributed by atoms with van der Waals surface area (Å²) in [4.78, 5) is 27.8. The number of rotatable bonds is 6. The van der Waals surface area contributed by atoms with Crippen molar-refractivity contribution in [3.05, 3.63) is 94.8 Å². The summed E-state index contributed by atoms with van der Waals surface area (Å²) in [5, 5.41) is 0. The fourth-order valence-corrected chi connectivity index (χ4v) is 4.32. The van der Waals surface area contributed by atoms with E-state index in [1.54, 1.807) is 12.1 Å². The van der Waals surface area contributed by atoms with Gasteiger partial charge in [-0.05, 0) is 74.3 Å². The second kappa shape index (κ2) is 9.71. The molecule has 0 radical (unpaired) electrons. The Hall–Kier alpha value is -3.25. The lowest BCUT2D eigenvalue weighted by molar-refractivity contribution is 0.0803. The van der Waals surface area contributed by atoms with Crippen molar-refractivity contribution in [1.29, 1.82) is 0 Å². The maximum atomic E-state index is 14.0. The summed E-state index contributed by atoms with van der Waals surface area (Å²) >= 11 is 0. The Bertz CT molecular complexity index is 1180. The molecular formula is C27H24F3NO2. The standard InChI is InChI=1S/C27H24F3NO2/c1-17-2-8-22(18-3-5-20(28)6-4-18)24(14-17)26(32)16-31-12-10-19(11-13-31)27(33)23-9-7-21(29)15-25(23)30/h2-9,14-15,19H,10-13,16H2,1H3. The normalized spacial score (nSPS) is 14.9. The number of carbonyl (C=O) groups is 2. The molecule has 6 heteroatoms. The highest BCUT2D eigenvalue weighted by Crippen LogP contribution is 2.27. The molecule has 1 saturated heterocycles. The molecule has 1 aliphatic heterocycles. The number of hydrogen-bond donors (Lipinski definition) is 0. The molecule has 0 aliphatic carbocycles. The molecule has 0 saturated carbocycles. The van der Waals surface area contributed by atoms with Gasteiger partial charge in [0.2, 0.25) is 0 Å². The Kier molecular flexibility index (Phi) is 6.75. The predicted molar refractivity (Wildman–Crippen MR) is 121 cm³/mol. The quantitative estimate of drug-likeness (QED) is 0.441. The third kappa shape index (κ3) is 5.22. The zero-order valence-electron chi connectivity index (χ0n) is 18.3. The minimum absolute atomic E-state index is 0.0487. The fourth-order valence-electron chi connectivity index (χ4n) is 4.32. The van der Waals surface area contributed by atoms with Crippen LogP contribution in [0.1, 0.15) is 39.1 Å². The molecule has 33 heavy (non-hydrogen) atoms. The molecule has 0 atom stereocenters. The number of carbonyl (C=O) groups excluding carboxylic acids is 2. The van der Waals surface area contributed by atoms with Crippen molar-refractivity contribution in [2.24, 2.45) is 5.92 Å². The molecule has 1 aliphatic rings. The van der Waals surface area contributed by atoms with Crippen LogP contribution in [0.3, 0.4) is 0 Å². The maximum absolute atomic E-state index is 14.0. The molecule has 3 aromatic carbocycles. The average molecular weight is 451 g/mol. The van der Waals surface area contributed by atoms with Gasteiger partial charge in [-0.3, -0.25) is 14.5 Å². The number of nitrogens with zero attached hydrogens (tertiary/aromatic N) is 1. The summed E-state index contributed by atoms with van der Waals surface area (Å²) in [6.45, 7) is 3.17. The number of likely N-dealkylation sites (tertiary alicyclic amines) is 1. The molecule has 0 aromatic heterocycles. The Morgan fingerprint density at radius 1 is 0.848 bits per heavy atom. The van der Waals surface area contributed by atoms with Crippen LogP contribution in [0.4, 0.5) is 13.2 Å². The zero-order chi connectivity index (χ0) is 23.5. The minimum Gasteiger partial charge on any atom is -0.296 e. The molecule has 3 nitrogen and oxygen atoms in total. The summed E-state index contributed by atoms with van der Waals surface area (Å²) < 4.78 is 40.5. The van der Waals surface area contributed by atoms with Crippen molar-refractivity contribution in [3.63, 3.8) is 0 Å². The van der Waals surface area contributed by atoms with Crippen molar-refractivity contribution < 1.29 is 22.8 Å². The zero-order valence-corrected chi connectivity index (χ0v) is 18.3. The Morgan fingerprint density at radius 2 is 1.52 bits per heavy atom. The van der Waals surface area contributed by atoms with Gasteiger partial charge in [0.05, 0.1) is 12.1 Å². The van der Waals surface area contributed by atoms with Crippen LogP contribution in [0, 0.1) is 30.3 Å². The monoisotopic (exact) mass is 451 g/mol. The van der Waals surface area contributed by atoms with Crippen molar-refractivity contribution in [3.8, 4) is 11.1 Å². The molecule has 1 heterocycles. The summed E-state index contributed by atoms with van der Waals surface area (Å²) in [5.41, 5.74) is 2.96. The number of Topliss-reactive ketones (excluding diaryl/α,β-unsaturated/α-hetero) is 2. The summed E-state index contributed by atoms with van der Waals surface area (Å²) in [5.74, 6) is -2.62. The topological polar surface area (TPSA) is 37.4 Å². The van der Waals surface area contributed by atoms with E-state index in [9.17, 15) is 22.8 Å². The van der Waals surface area contributed by atoms with Crippen LogP contribution < -0.4 is 0 Å². The molecule has 0 bridgehead atoms. The molecule has 0 spiro atoms. The third-order valence-electron chi connectivity index (χ3n) is 6.15. The van der Waals surface area contributed by atoms with Gasteiger partial charge in [0.15, 0.2) is 11.6 Å². The lowest BCUT2D eigenvalue weighted by Crippen LogP contribution is -2.39. The van der Waals surface area contributed by atoms with E-state index in [2.05, 4.69) is 0 Å². The largest absolute Gasteiger partial charge is 0.296 e. The Morgan fingerprint density at radius 3 is 2.18 bits per heavy atom. The van der Waals surface area contributed by atoms with Gasteiger partial charge >= 0.3 is 0 Å². The second-order valence-corrected chi connectivity index (χ2v) is 8.52. The average Bonchev–Trinajstić information content (AvgIpc) is 2.80. The molecular weight excluding hydrogens is 427 g/mol. The van der Waals surface area contributed by atoms with Gasteiger partial charge < -0.3 is 0 Å². The first-order valence-electron chi connectivity index (χ1n) is 10.9. The second-order valence-electron chi connectivity index (χ2n) is 8.52. The highest BCUT2D eigenvalue weighted by Gasteiger charge is 2.28. The molecule has 3 aromatic rings. The van der Waals surface area contributed by atoms with Gasteiger partial charge in [0, 0.05) is 17.5 Å². The van der Waals surface area contributed by atoms with Crippen molar-refractivity contribution in [2.45, 2.75) is 19.8 Å². The van der Waals surface area contributed by atoms with E-state index in [4.69, 9.17) is 0 Å². The first kappa shape index (κ1) is 22.9. The minimum atomic E-state index is -0.842. The summed E-state index contributed by atoms with van der Waals surface area (Å²) in [6.07, 6.45) is 1.00. The van der Waals surface area contributed by atoms with E-state index in [1.165, 1.54) is 18.2 Å². The van der Waals surface area contributed by atoms with Crippen LogP contribution in [0.25, 0.3) is 11.1 Å².